The van der Waals surface area contributed by atoms with Crippen molar-refractivity contribution >= 4 is 33.2 Å². The molecule has 1 N–H and O–H groups in total. The largest absolute Gasteiger partial charge is 0.352 e. The van der Waals surface area contributed by atoms with Crippen LogP contribution in [0, 0.1) is 0 Å². The molecule has 0 fully saturated rings. The van der Waals surface area contributed by atoms with Gasteiger partial charge in [-0.05, 0) is 34.4 Å². The number of anilines is 2. The first kappa shape index (κ1) is 14.5. The fourth-order valence-electron chi connectivity index (χ4n) is 6.21. The van der Waals surface area contributed by atoms with Crippen LogP contribution in [0.2, 0.25) is 0 Å². The molecular formula is C27H18N2. The van der Waals surface area contributed by atoms with Crippen LogP contribution in [0.25, 0.3) is 49.7 Å². The first-order chi connectivity index (χ1) is 14.2. The Kier molecular flexibility index (Phi) is 2.11. The number of hydrogen-bond donors (Lipinski definition) is 1. The van der Waals surface area contributed by atoms with Gasteiger partial charge in [-0.1, -0.05) is 68.4 Å². The van der Waals surface area contributed by atoms with Crippen molar-refractivity contribution in [3.05, 3.63) is 77.9 Å². The highest BCUT2D eigenvalue weighted by molar-refractivity contribution is 6.22. The summed E-state index contributed by atoms with van der Waals surface area (Å²) in [5.41, 5.74) is 14.8. The van der Waals surface area contributed by atoms with Crippen LogP contribution >= 0.6 is 0 Å². The van der Waals surface area contributed by atoms with Gasteiger partial charge in [0.2, 0.25) is 0 Å². The van der Waals surface area contributed by atoms with Crippen LogP contribution in [-0.4, -0.2) is 4.57 Å². The van der Waals surface area contributed by atoms with Crippen molar-refractivity contribution in [3.8, 4) is 27.9 Å². The third kappa shape index (κ3) is 1.36. The maximum Gasteiger partial charge on any atom is 0.0777 e. The SMILES string of the molecule is CC1(C)c2cccc3c2-c2c1ccc1c4cccc5c4n(c21)-c1c(cccc1-3)N5. The molecule has 0 amide bonds. The highest BCUT2D eigenvalue weighted by atomic mass is 15.1. The van der Waals surface area contributed by atoms with Crippen LogP contribution in [-0.2, 0) is 5.41 Å². The average molecular weight is 370 g/mol. The molecular weight excluding hydrogens is 352 g/mol. The van der Waals surface area contributed by atoms with Crippen LogP contribution in [0.15, 0.2) is 66.7 Å². The summed E-state index contributed by atoms with van der Waals surface area (Å²) >= 11 is 0. The van der Waals surface area contributed by atoms with Gasteiger partial charge in [0, 0.05) is 27.3 Å². The number of fused-ring (bicyclic) bond motifs is 2. The summed E-state index contributed by atoms with van der Waals surface area (Å²) in [5, 5.41) is 6.40. The summed E-state index contributed by atoms with van der Waals surface area (Å²) < 4.78 is 2.55. The van der Waals surface area contributed by atoms with Crippen LogP contribution in [0.1, 0.15) is 25.0 Å². The minimum atomic E-state index is 0.0104. The summed E-state index contributed by atoms with van der Waals surface area (Å²) in [7, 11) is 0. The lowest BCUT2D eigenvalue weighted by Gasteiger charge is -2.25. The van der Waals surface area contributed by atoms with E-state index >= 15 is 0 Å². The number of benzene rings is 4. The van der Waals surface area contributed by atoms with E-state index in [0.717, 1.165) is 0 Å². The number of nitrogens with one attached hydrogen (secondary N) is 1. The Hall–Kier alpha value is -3.52. The summed E-state index contributed by atoms with van der Waals surface area (Å²) in [6.45, 7) is 4.75. The predicted molar refractivity (Wildman–Crippen MR) is 121 cm³/mol. The summed E-state index contributed by atoms with van der Waals surface area (Å²) in [4.78, 5) is 0. The molecule has 29 heavy (non-hydrogen) atoms. The van der Waals surface area contributed by atoms with E-state index in [9.17, 15) is 0 Å². The molecule has 0 saturated carbocycles. The average Bonchev–Trinajstić information content (AvgIpc) is 3.14. The molecule has 0 atom stereocenters. The molecule has 0 saturated heterocycles. The van der Waals surface area contributed by atoms with E-state index < -0.39 is 0 Å². The molecule has 1 aromatic heterocycles. The number of rotatable bonds is 0. The Balaban J connectivity index is 1.80. The van der Waals surface area contributed by atoms with E-state index in [-0.39, 0.29) is 5.41 Å². The number of para-hydroxylation sites is 2. The van der Waals surface area contributed by atoms with Gasteiger partial charge in [-0.2, -0.15) is 0 Å². The van der Waals surface area contributed by atoms with Crippen molar-refractivity contribution in [2.75, 3.05) is 5.32 Å². The van der Waals surface area contributed by atoms with Crippen molar-refractivity contribution in [2.24, 2.45) is 0 Å². The molecule has 0 spiro atoms. The fourth-order valence-corrected chi connectivity index (χ4v) is 6.21. The standard InChI is InChI=1S/C27H18N2/c1-27(2)18-9-3-6-14-15-7-4-10-20-24(15)29-25-16(8-5-11-21(25)28-20)17-12-13-19(27)23(22(14)18)26(17)29/h3-13,28H,1-2H3. The molecule has 3 heterocycles. The van der Waals surface area contributed by atoms with E-state index in [1.54, 1.807) is 0 Å². The van der Waals surface area contributed by atoms with E-state index in [2.05, 4.69) is 90.5 Å². The normalized spacial score (nSPS) is 15.8. The molecule has 5 aromatic rings. The van der Waals surface area contributed by atoms with Gasteiger partial charge in [0.15, 0.2) is 0 Å². The number of hydrogen-bond acceptors (Lipinski definition) is 1. The van der Waals surface area contributed by atoms with Gasteiger partial charge in [0.05, 0.1) is 28.1 Å². The van der Waals surface area contributed by atoms with Crippen molar-refractivity contribution in [1.82, 2.24) is 4.57 Å². The van der Waals surface area contributed by atoms with Gasteiger partial charge >= 0.3 is 0 Å². The topological polar surface area (TPSA) is 17.0 Å². The highest BCUT2D eigenvalue weighted by Gasteiger charge is 2.41. The summed E-state index contributed by atoms with van der Waals surface area (Å²) in [6, 6.07) is 24.9. The van der Waals surface area contributed by atoms with Crippen LogP contribution in [0.4, 0.5) is 11.4 Å². The molecule has 8 rings (SSSR count). The second kappa shape index (κ2) is 4.23. The maximum absolute atomic E-state index is 3.72. The lowest BCUT2D eigenvalue weighted by atomic mass is 9.81. The van der Waals surface area contributed by atoms with Gasteiger partial charge in [0.25, 0.3) is 0 Å². The third-order valence-electron chi connectivity index (χ3n) is 7.43. The van der Waals surface area contributed by atoms with Crippen LogP contribution in [0.5, 0.6) is 0 Å². The minimum Gasteiger partial charge on any atom is -0.352 e. The Labute approximate surface area is 168 Å². The molecule has 0 bridgehead atoms. The minimum absolute atomic E-state index is 0.0104. The smallest absolute Gasteiger partial charge is 0.0777 e. The molecule has 3 aliphatic rings. The Morgan fingerprint density at radius 3 is 2.31 bits per heavy atom. The van der Waals surface area contributed by atoms with Crippen molar-refractivity contribution in [1.29, 1.82) is 0 Å². The van der Waals surface area contributed by atoms with Gasteiger partial charge in [-0.15, -0.1) is 0 Å². The van der Waals surface area contributed by atoms with E-state index in [0.29, 0.717) is 0 Å². The highest BCUT2D eigenvalue weighted by Crippen LogP contribution is 2.59. The van der Waals surface area contributed by atoms with Crippen molar-refractivity contribution in [2.45, 2.75) is 19.3 Å². The third-order valence-corrected chi connectivity index (χ3v) is 7.43. The first-order valence-corrected chi connectivity index (χ1v) is 10.3. The van der Waals surface area contributed by atoms with Gasteiger partial charge in [0.1, 0.15) is 0 Å². The molecule has 2 nitrogen and oxygen atoms in total. The summed E-state index contributed by atoms with van der Waals surface area (Å²) in [6.07, 6.45) is 0. The van der Waals surface area contributed by atoms with E-state index in [1.807, 2.05) is 0 Å². The lowest BCUT2D eigenvalue weighted by Crippen LogP contribution is -2.15. The van der Waals surface area contributed by atoms with Crippen molar-refractivity contribution < 1.29 is 0 Å². The molecule has 2 heteroatoms. The first-order valence-electron chi connectivity index (χ1n) is 10.3. The lowest BCUT2D eigenvalue weighted by molar-refractivity contribution is 0.661. The zero-order valence-corrected chi connectivity index (χ0v) is 16.3. The second-order valence-electron chi connectivity index (χ2n) is 9.10. The zero-order valence-electron chi connectivity index (χ0n) is 16.3. The summed E-state index contributed by atoms with van der Waals surface area (Å²) in [5.74, 6) is 0. The van der Waals surface area contributed by atoms with Crippen LogP contribution in [0.3, 0.4) is 0 Å². The molecule has 0 radical (unpaired) electrons. The zero-order chi connectivity index (χ0) is 19.1. The van der Waals surface area contributed by atoms with Crippen LogP contribution < -0.4 is 5.32 Å². The van der Waals surface area contributed by atoms with Gasteiger partial charge in [-0.3, -0.25) is 0 Å². The monoisotopic (exact) mass is 370 g/mol. The van der Waals surface area contributed by atoms with E-state index in [1.165, 1.54) is 72.2 Å². The maximum atomic E-state index is 3.72. The molecule has 2 aliphatic heterocycles. The second-order valence-corrected chi connectivity index (χ2v) is 9.10. The molecule has 1 aliphatic carbocycles. The van der Waals surface area contributed by atoms with E-state index in [4.69, 9.17) is 0 Å². The molecule has 0 unspecified atom stereocenters. The fraction of sp³-hybridized carbons (Fsp3) is 0.111. The predicted octanol–water partition coefficient (Wildman–Crippen LogP) is 7.13. The number of aromatic nitrogens is 1. The van der Waals surface area contributed by atoms with Gasteiger partial charge in [-0.25, -0.2) is 0 Å². The Morgan fingerprint density at radius 1 is 0.655 bits per heavy atom. The molecule has 136 valence electrons. The number of nitrogens with zero attached hydrogens (tertiary/aromatic N) is 1. The quantitative estimate of drug-likeness (QED) is 0.300. The molecule has 4 aromatic carbocycles. The van der Waals surface area contributed by atoms with Gasteiger partial charge < -0.3 is 9.88 Å². The van der Waals surface area contributed by atoms with Crippen molar-refractivity contribution in [3.63, 3.8) is 0 Å². The Morgan fingerprint density at radius 2 is 1.38 bits per heavy atom. The Bertz CT molecular complexity index is 1600.